The van der Waals surface area contributed by atoms with E-state index in [-0.39, 0.29) is 12.1 Å². The molecule has 2 saturated carbocycles. The van der Waals surface area contributed by atoms with E-state index in [0.29, 0.717) is 13.2 Å². The van der Waals surface area contributed by atoms with Gasteiger partial charge in [-0.05, 0) is 25.7 Å². The third-order valence-electron chi connectivity index (χ3n) is 3.89. The van der Waals surface area contributed by atoms with Crippen LogP contribution in [0.15, 0.2) is 0 Å². The molecular formula is C13H20N2O4. The fourth-order valence-electron chi connectivity index (χ4n) is 2.66. The van der Waals surface area contributed by atoms with Crippen LogP contribution in [0.1, 0.15) is 38.5 Å². The van der Waals surface area contributed by atoms with Gasteiger partial charge >= 0.3 is 11.8 Å². The summed E-state index contributed by atoms with van der Waals surface area (Å²) in [5.74, 6) is -1.54. The third-order valence-corrected chi connectivity index (χ3v) is 3.89. The zero-order valence-corrected chi connectivity index (χ0v) is 10.9. The molecule has 1 atom stereocenters. The van der Waals surface area contributed by atoms with Gasteiger partial charge < -0.3 is 20.1 Å². The average Bonchev–Trinajstić information content (AvgIpc) is 2.96. The van der Waals surface area contributed by atoms with Crippen molar-refractivity contribution in [2.75, 3.05) is 13.2 Å². The van der Waals surface area contributed by atoms with E-state index >= 15 is 0 Å². The lowest BCUT2D eigenvalue weighted by atomic mass is 10.2. The molecule has 0 aromatic carbocycles. The molecule has 106 valence electrons. The molecule has 1 aliphatic heterocycles. The van der Waals surface area contributed by atoms with Crippen LogP contribution in [0.4, 0.5) is 0 Å². The van der Waals surface area contributed by atoms with E-state index in [1.165, 1.54) is 0 Å². The molecule has 6 nitrogen and oxygen atoms in total. The van der Waals surface area contributed by atoms with Crippen LogP contribution in [0.25, 0.3) is 0 Å². The lowest BCUT2D eigenvalue weighted by molar-refractivity contribution is -0.161. The number of rotatable bonds is 3. The fourth-order valence-corrected chi connectivity index (χ4v) is 2.66. The lowest BCUT2D eigenvalue weighted by Crippen LogP contribution is -2.44. The molecule has 0 unspecified atom stereocenters. The predicted octanol–water partition coefficient (Wildman–Crippen LogP) is 0.0669. The maximum Gasteiger partial charge on any atom is 0.309 e. The molecule has 2 amide bonds. The van der Waals surface area contributed by atoms with Gasteiger partial charge in [-0.2, -0.15) is 0 Å². The average molecular weight is 268 g/mol. The largest absolute Gasteiger partial charge is 0.347 e. The minimum absolute atomic E-state index is 0.143. The number of hydrogen-bond donors (Lipinski definition) is 2. The standard InChI is InChI=1S/C13H20N2O4/c16-11(12(17)15-9-3-4-9)14-7-10-8-18-13(19-10)5-1-2-6-13/h9-10H,1-8H2,(H,14,16)(H,15,17)/t10-/m0/s1. The lowest BCUT2D eigenvalue weighted by Gasteiger charge is -2.21. The zero-order valence-electron chi connectivity index (χ0n) is 10.9. The molecule has 1 heterocycles. The minimum Gasteiger partial charge on any atom is -0.347 e. The van der Waals surface area contributed by atoms with E-state index in [0.717, 1.165) is 38.5 Å². The molecule has 2 N–H and O–H groups in total. The fraction of sp³-hybridized carbons (Fsp3) is 0.846. The van der Waals surface area contributed by atoms with Crippen LogP contribution in [-0.4, -0.2) is 42.9 Å². The second-order valence-electron chi connectivity index (χ2n) is 5.63. The topological polar surface area (TPSA) is 76.7 Å². The van der Waals surface area contributed by atoms with Crippen molar-refractivity contribution >= 4 is 11.8 Å². The van der Waals surface area contributed by atoms with Crippen LogP contribution in [-0.2, 0) is 19.1 Å². The van der Waals surface area contributed by atoms with Gasteiger partial charge in [0.2, 0.25) is 0 Å². The van der Waals surface area contributed by atoms with Crippen LogP contribution < -0.4 is 10.6 Å². The highest BCUT2D eigenvalue weighted by Crippen LogP contribution is 2.38. The molecule has 3 rings (SSSR count). The van der Waals surface area contributed by atoms with E-state index in [1.54, 1.807) is 0 Å². The molecule has 1 saturated heterocycles. The Bertz CT molecular complexity index is 375. The summed E-state index contributed by atoms with van der Waals surface area (Å²) in [7, 11) is 0. The third kappa shape index (κ3) is 3.06. The van der Waals surface area contributed by atoms with Crippen molar-refractivity contribution in [3.8, 4) is 0 Å². The van der Waals surface area contributed by atoms with Crippen LogP contribution in [0, 0.1) is 0 Å². The normalized spacial score (nSPS) is 28.5. The van der Waals surface area contributed by atoms with Gasteiger partial charge in [0.25, 0.3) is 0 Å². The molecule has 0 radical (unpaired) electrons. The van der Waals surface area contributed by atoms with Crippen molar-refractivity contribution in [3.63, 3.8) is 0 Å². The van der Waals surface area contributed by atoms with Crippen LogP contribution in [0.3, 0.4) is 0 Å². The van der Waals surface area contributed by atoms with Crippen molar-refractivity contribution in [3.05, 3.63) is 0 Å². The number of hydrogen-bond acceptors (Lipinski definition) is 4. The zero-order chi connectivity index (χ0) is 13.3. The quantitative estimate of drug-likeness (QED) is 0.710. The second-order valence-corrected chi connectivity index (χ2v) is 5.63. The summed E-state index contributed by atoms with van der Waals surface area (Å²) in [5, 5.41) is 5.26. The first-order valence-electron chi connectivity index (χ1n) is 7.07. The van der Waals surface area contributed by atoms with Crippen molar-refractivity contribution in [1.82, 2.24) is 10.6 Å². The maximum atomic E-state index is 11.6. The van der Waals surface area contributed by atoms with Gasteiger partial charge in [-0.1, -0.05) is 0 Å². The molecule has 2 aliphatic carbocycles. The van der Waals surface area contributed by atoms with E-state index in [1.807, 2.05) is 0 Å². The molecule has 1 spiro atoms. The van der Waals surface area contributed by atoms with Crippen LogP contribution >= 0.6 is 0 Å². The Balaban J connectivity index is 1.40. The Labute approximate surface area is 112 Å². The first kappa shape index (κ1) is 12.9. The minimum atomic E-state index is -0.581. The summed E-state index contributed by atoms with van der Waals surface area (Å²) >= 11 is 0. The number of carbonyl (C=O) groups is 2. The highest BCUT2D eigenvalue weighted by Gasteiger charge is 2.43. The SMILES string of the molecule is O=C(NC[C@H]1COC2(CCCC2)O1)C(=O)NC1CC1. The summed E-state index contributed by atoms with van der Waals surface area (Å²) in [6.07, 6.45) is 5.92. The monoisotopic (exact) mass is 268 g/mol. The number of amides is 2. The van der Waals surface area contributed by atoms with Crippen molar-refractivity contribution in [2.24, 2.45) is 0 Å². The molecule has 19 heavy (non-hydrogen) atoms. The van der Waals surface area contributed by atoms with Crippen molar-refractivity contribution < 1.29 is 19.1 Å². The summed E-state index contributed by atoms with van der Waals surface area (Å²) < 4.78 is 11.6. The van der Waals surface area contributed by atoms with Gasteiger partial charge in [-0.3, -0.25) is 9.59 Å². The summed E-state index contributed by atoms with van der Waals surface area (Å²) in [6.45, 7) is 0.823. The molecule has 0 aromatic rings. The summed E-state index contributed by atoms with van der Waals surface area (Å²) in [5.41, 5.74) is 0. The van der Waals surface area contributed by atoms with Gasteiger partial charge in [0, 0.05) is 25.4 Å². The van der Waals surface area contributed by atoms with Gasteiger partial charge in [0.05, 0.1) is 6.61 Å². The number of ether oxygens (including phenoxy) is 2. The van der Waals surface area contributed by atoms with Crippen LogP contribution in [0.2, 0.25) is 0 Å². The van der Waals surface area contributed by atoms with E-state index in [9.17, 15) is 9.59 Å². The number of carbonyl (C=O) groups excluding carboxylic acids is 2. The van der Waals surface area contributed by atoms with Gasteiger partial charge in [0.15, 0.2) is 5.79 Å². The van der Waals surface area contributed by atoms with Gasteiger partial charge in [-0.25, -0.2) is 0 Å². The molecule has 3 fully saturated rings. The highest BCUT2D eigenvalue weighted by molar-refractivity contribution is 6.35. The van der Waals surface area contributed by atoms with E-state index in [4.69, 9.17) is 9.47 Å². The van der Waals surface area contributed by atoms with Gasteiger partial charge in [-0.15, -0.1) is 0 Å². The number of nitrogens with one attached hydrogen (secondary N) is 2. The maximum absolute atomic E-state index is 11.6. The van der Waals surface area contributed by atoms with Gasteiger partial charge in [0.1, 0.15) is 6.10 Å². The summed E-state index contributed by atoms with van der Waals surface area (Å²) in [4.78, 5) is 23.0. The predicted molar refractivity (Wildman–Crippen MR) is 66.2 cm³/mol. The van der Waals surface area contributed by atoms with E-state index in [2.05, 4.69) is 10.6 Å². The Morgan fingerprint density at radius 3 is 2.58 bits per heavy atom. The summed E-state index contributed by atoms with van der Waals surface area (Å²) in [6, 6.07) is 0.200. The molecule has 0 bridgehead atoms. The Morgan fingerprint density at radius 1 is 1.16 bits per heavy atom. The van der Waals surface area contributed by atoms with Crippen molar-refractivity contribution in [1.29, 1.82) is 0 Å². The molecule has 3 aliphatic rings. The first-order valence-corrected chi connectivity index (χ1v) is 7.07. The molecular weight excluding hydrogens is 248 g/mol. The van der Waals surface area contributed by atoms with Crippen LogP contribution in [0.5, 0.6) is 0 Å². The highest BCUT2D eigenvalue weighted by atomic mass is 16.7. The Morgan fingerprint density at radius 2 is 1.89 bits per heavy atom. The molecule has 6 heteroatoms. The second kappa shape index (κ2) is 5.09. The first-order chi connectivity index (χ1) is 9.17. The Kier molecular flexibility index (Phi) is 3.45. The smallest absolute Gasteiger partial charge is 0.309 e. The Hall–Kier alpha value is -1.14. The molecule has 0 aromatic heterocycles. The van der Waals surface area contributed by atoms with Crippen molar-refractivity contribution in [2.45, 2.75) is 56.5 Å². The van der Waals surface area contributed by atoms with E-state index < -0.39 is 17.6 Å².